The maximum Gasteiger partial charge on any atom is 0.405 e. The number of aryl methyl sites for hydroxylation is 1. The summed E-state index contributed by atoms with van der Waals surface area (Å²) in [6.45, 7) is -0.332. The van der Waals surface area contributed by atoms with E-state index in [-0.39, 0.29) is 6.54 Å². The Bertz CT molecular complexity index is 1390. The quantitative estimate of drug-likeness (QED) is 0.430. The van der Waals surface area contributed by atoms with Gasteiger partial charge in [-0.25, -0.2) is 0 Å². The molecule has 37 heavy (non-hydrogen) atoms. The van der Waals surface area contributed by atoms with Gasteiger partial charge in [0.15, 0.2) is 0 Å². The third-order valence-corrected chi connectivity index (χ3v) is 8.43. The molecule has 196 valence electrons. The number of rotatable bonds is 5. The van der Waals surface area contributed by atoms with Gasteiger partial charge in [0, 0.05) is 66.5 Å². The van der Waals surface area contributed by atoms with Gasteiger partial charge in [0.05, 0.1) is 18.2 Å². The monoisotopic (exact) mass is 549 g/mol. The van der Waals surface area contributed by atoms with E-state index in [4.69, 9.17) is 14.3 Å². The minimum Gasteiger partial charge on any atom is -0.366 e. The van der Waals surface area contributed by atoms with Crippen molar-refractivity contribution in [3.63, 3.8) is 0 Å². The lowest BCUT2D eigenvalue weighted by atomic mass is 9.92. The summed E-state index contributed by atoms with van der Waals surface area (Å²) in [5.41, 5.74) is 5.35. The summed E-state index contributed by atoms with van der Waals surface area (Å²) >= 11 is 8.14. The largest absolute Gasteiger partial charge is 0.405 e. The van der Waals surface area contributed by atoms with E-state index in [1.54, 1.807) is 6.20 Å². The predicted octanol–water partition coefficient (Wildman–Crippen LogP) is 5.88. The number of thiophene rings is 1. The molecular formula is C27H29ClF3N5S. The van der Waals surface area contributed by atoms with Crippen molar-refractivity contribution in [2.24, 2.45) is 0 Å². The number of nitrogens with zero attached hydrogens (tertiary/aromatic N) is 4. The Labute approximate surface area is 226 Å². The third-order valence-electron chi connectivity index (χ3n) is 7.07. The number of pyridine rings is 1. The number of alkyl halides is 3. The predicted molar refractivity (Wildman–Crippen MR) is 144 cm³/mol. The minimum atomic E-state index is -4.43. The van der Waals surface area contributed by atoms with Crippen LogP contribution in [0, 0.1) is 0 Å². The van der Waals surface area contributed by atoms with Crippen molar-refractivity contribution in [2.75, 3.05) is 44.2 Å². The summed E-state index contributed by atoms with van der Waals surface area (Å²) < 4.78 is 56.9. The first-order valence-corrected chi connectivity index (χ1v) is 13.7. The number of hydrogen-bond donors (Lipinski definition) is 1. The summed E-state index contributed by atoms with van der Waals surface area (Å²) in [7, 11) is 0. The summed E-state index contributed by atoms with van der Waals surface area (Å²) in [5.74, 6) is 0. The Hall–Kier alpha value is -2.33. The number of benzene rings is 1. The Morgan fingerprint density at radius 3 is 2.95 bits per heavy atom. The molecule has 1 fully saturated rings. The summed E-state index contributed by atoms with van der Waals surface area (Å²) in [5, 5.41) is 4.17. The molecule has 5 nitrogen and oxygen atoms in total. The highest BCUT2D eigenvalue weighted by molar-refractivity contribution is 7.19. The van der Waals surface area contributed by atoms with Crippen LogP contribution in [0.1, 0.15) is 26.0 Å². The second-order valence-electron chi connectivity index (χ2n) is 9.76. The molecule has 1 saturated heterocycles. The van der Waals surface area contributed by atoms with E-state index in [9.17, 15) is 13.2 Å². The molecular weight excluding hydrogens is 519 g/mol. The van der Waals surface area contributed by atoms with Gasteiger partial charge in [-0.15, -0.1) is 11.3 Å². The van der Waals surface area contributed by atoms with Crippen molar-refractivity contribution in [2.45, 2.75) is 38.0 Å². The molecule has 3 aromatic rings. The molecule has 0 saturated carbocycles. The third kappa shape index (κ3) is 5.32. The molecule has 1 aromatic carbocycles. The lowest BCUT2D eigenvalue weighted by molar-refractivity contribution is -0.144. The maximum absolute atomic E-state index is 13.0. The van der Waals surface area contributed by atoms with Crippen LogP contribution < -0.4 is 10.2 Å². The van der Waals surface area contributed by atoms with Crippen LogP contribution in [0.25, 0.3) is 21.3 Å². The molecule has 2 unspecified atom stereocenters. The molecule has 0 radical (unpaired) electrons. The number of anilines is 1. The molecule has 0 bridgehead atoms. The van der Waals surface area contributed by atoms with Crippen molar-refractivity contribution in [1.82, 2.24) is 20.1 Å². The van der Waals surface area contributed by atoms with Gasteiger partial charge in [-0.3, -0.25) is 9.88 Å². The SMILES string of the molecule is [2H]C1C=CN(CC(F)(F)F)[C@H]([2H])N1Cc1cc2nccc(-c3cc(Cl)cc4c3N(C3CCNC3)CCC4)c2s1. The Balaban J connectivity index is 1.36. The molecule has 0 amide bonds. The highest BCUT2D eigenvalue weighted by atomic mass is 35.5. The van der Waals surface area contributed by atoms with Crippen molar-refractivity contribution in [3.05, 3.63) is 58.2 Å². The van der Waals surface area contributed by atoms with Crippen molar-refractivity contribution in [3.8, 4) is 11.1 Å². The zero-order chi connectivity index (χ0) is 27.3. The van der Waals surface area contributed by atoms with Gasteiger partial charge in [0.25, 0.3) is 0 Å². The fourth-order valence-electron chi connectivity index (χ4n) is 5.59. The first-order chi connectivity index (χ1) is 18.7. The summed E-state index contributed by atoms with van der Waals surface area (Å²) in [6, 6.07) is 8.45. The van der Waals surface area contributed by atoms with E-state index < -0.39 is 25.9 Å². The second kappa shape index (κ2) is 10.1. The van der Waals surface area contributed by atoms with Gasteiger partial charge >= 0.3 is 6.18 Å². The van der Waals surface area contributed by atoms with E-state index in [1.165, 1.54) is 39.8 Å². The number of fused-ring (bicyclic) bond motifs is 2. The summed E-state index contributed by atoms with van der Waals surface area (Å²) in [4.78, 5) is 10.3. The van der Waals surface area contributed by atoms with Crippen molar-refractivity contribution >= 4 is 38.8 Å². The zero-order valence-corrected chi connectivity index (χ0v) is 21.7. The van der Waals surface area contributed by atoms with Crippen LogP contribution >= 0.6 is 22.9 Å². The van der Waals surface area contributed by atoms with Gasteiger partial charge in [0.2, 0.25) is 0 Å². The topological polar surface area (TPSA) is 34.6 Å². The number of halogens is 4. The molecule has 1 N–H and O–H groups in total. The van der Waals surface area contributed by atoms with Crippen LogP contribution in [0.5, 0.6) is 0 Å². The smallest absolute Gasteiger partial charge is 0.366 e. The normalized spacial score (nSPS) is 25.5. The minimum absolute atomic E-state index is 0.176. The molecule has 3 aliphatic heterocycles. The molecule has 3 atom stereocenters. The van der Waals surface area contributed by atoms with Gasteiger partial charge < -0.3 is 15.1 Å². The lowest BCUT2D eigenvalue weighted by Crippen LogP contribution is -2.42. The van der Waals surface area contributed by atoms with Crippen LogP contribution in [-0.4, -0.2) is 66.3 Å². The van der Waals surface area contributed by atoms with Crippen LogP contribution in [0.15, 0.2) is 42.7 Å². The lowest BCUT2D eigenvalue weighted by Gasteiger charge is -2.38. The summed E-state index contributed by atoms with van der Waals surface area (Å²) in [6.07, 6.45) is 3.08. The van der Waals surface area contributed by atoms with Gasteiger partial charge in [0.1, 0.15) is 6.54 Å². The second-order valence-corrected chi connectivity index (χ2v) is 11.3. The highest BCUT2D eigenvalue weighted by Gasteiger charge is 2.32. The van der Waals surface area contributed by atoms with Crippen LogP contribution in [0.3, 0.4) is 0 Å². The van der Waals surface area contributed by atoms with E-state index >= 15 is 0 Å². The van der Waals surface area contributed by atoms with Gasteiger partial charge in [-0.1, -0.05) is 17.7 Å². The van der Waals surface area contributed by atoms with Crippen LogP contribution in [-0.2, 0) is 13.0 Å². The fraction of sp³-hybridized carbons (Fsp3) is 0.444. The molecule has 0 spiro atoms. The molecule has 10 heteroatoms. The molecule has 6 rings (SSSR count). The van der Waals surface area contributed by atoms with Crippen molar-refractivity contribution in [1.29, 1.82) is 0 Å². The number of hydrogen-bond acceptors (Lipinski definition) is 6. The first kappa shape index (κ1) is 22.6. The molecule has 2 aromatic heterocycles. The molecule has 5 heterocycles. The molecule has 3 aliphatic rings. The van der Waals surface area contributed by atoms with Crippen LogP contribution in [0.4, 0.5) is 18.9 Å². The average molecular weight is 550 g/mol. The van der Waals surface area contributed by atoms with E-state index in [1.807, 2.05) is 18.2 Å². The van der Waals surface area contributed by atoms with E-state index in [0.29, 0.717) is 11.1 Å². The van der Waals surface area contributed by atoms with E-state index in [0.717, 1.165) is 70.0 Å². The fourth-order valence-corrected chi connectivity index (χ4v) is 6.98. The van der Waals surface area contributed by atoms with Gasteiger partial charge in [-0.05, 0) is 61.8 Å². The Kier molecular flexibility index (Phi) is 6.17. The zero-order valence-electron chi connectivity index (χ0n) is 22.1. The van der Waals surface area contributed by atoms with Gasteiger partial charge in [-0.2, -0.15) is 13.2 Å². The van der Waals surface area contributed by atoms with E-state index in [2.05, 4.69) is 21.3 Å². The average Bonchev–Trinajstić information content (AvgIpc) is 3.56. The first-order valence-electron chi connectivity index (χ1n) is 13.6. The Morgan fingerprint density at radius 1 is 1.24 bits per heavy atom. The van der Waals surface area contributed by atoms with Crippen LogP contribution in [0.2, 0.25) is 5.02 Å². The Morgan fingerprint density at radius 2 is 2.14 bits per heavy atom. The number of aromatic nitrogens is 1. The maximum atomic E-state index is 13.0. The standard InChI is InChI=1S/C27H29ClF3N5S/c28-19-11-18-3-1-10-36(20-4-6-32-14-20)25(18)23(12-19)22-5-7-33-24-13-21(37-26(22)24)15-34-8-2-9-35(17-34)16-27(29,30)31/h2,5,7,9,11-13,20,32H,1,3-4,6,8,10,14-17H2/i8D,17D/t8?,17-,20?/m1/s1. The number of nitrogens with one attached hydrogen (secondary N) is 1. The highest BCUT2D eigenvalue weighted by Crippen LogP contribution is 2.44. The van der Waals surface area contributed by atoms with Crippen molar-refractivity contribution < 1.29 is 15.9 Å². The molecule has 0 aliphatic carbocycles.